The summed E-state index contributed by atoms with van der Waals surface area (Å²) in [7, 11) is 0. The van der Waals surface area contributed by atoms with Gasteiger partial charge in [0.1, 0.15) is 19.0 Å². The first-order chi connectivity index (χ1) is 22.9. The molecule has 0 radical (unpaired) electrons. The summed E-state index contributed by atoms with van der Waals surface area (Å²) in [6.45, 7) is 14.1. The number of aliphatic imine (C=N–C) groups is 1. The molecule has 47 heavy (non-hydrogen) atoms. The van der Waals surface area contributed by atoms with Crippen molar-refractivity contribution in [2.45, 2.75) is 103 Å². The molecular formula is C39H53N5O3. The van der Waals surface area contributed by atoms with Gasteiger partial charge in [0, 0.05) is 62.3 Å². The van der Waals surface area contributed by atoms with E-state index >= 15 is 0 Å². The average Bonchev–Trinajstić information content (AvgIpc) is 3.76. The molecule has 0 amide bonds. The lowest BCUT2D eigenvalue weighted by Gasteiger charge is -2.39. The molecule has 2 aromatic rings. The Kier molecular flexibility index (Phi) is 9.34. The number of aryl methyl sites for hydroxylation is 1. The summed E-state index contributed by atoms with van der Waals surface area (Å²) in [6.07, 6.45) is 10.9. The number of hydrogen-bond acceptors (Lipinski definition) is 7. The normalized spacial score (nSPS) is 28.4. The zero-order valence-electron chi connectivity index (χ0n) is 28.9. The van der Waals surface area contributed by atoms with E-state index in [4.69, 9.17) is 14.5 Å². The van der Waals surface area contributed by atoms with Crippen molar-refractivity contribution in [1.82, 2.24) is 15.1 Å². The highest BCUT2D eigenvalue weighted by Crippen LogP contribution is 2.43. The SMILES string of the molecule is C/C=C(/N=C(\C1=C(C)CN(c2cccc3cccc(CC)c23)CC1)N1CC2CCC(C1)N2)OCC12CCCN1[C@@H](COC(C)=O)CC2. The molecular weight excluding hydrogens is 586 g/mol. The number of fused-ring (bicyclic) bond motifs is 4. The predicted molar refractivity (Wildman–Crippen MR) is 190 cm³/mol. The van der Waals surface area contributed by atoms with Crippen LogP contribution in [0.5, 0.6) is 0 Å². The number of likely N-dealkylation sites (tertiary alicyclic amines) is 1. The van der Waals surface area contributed by atoms with Crippen LogP contribution in [0.3, 0.4) is 0 Å². The van der Waals surface area contributed by atoms with Crippen LogP contribution in [0.4, 0.5) is 5.69 Å². The number of anilines is 1. The van der Waals surface area contributed by atoms with E-state index < -0.39 is 0 Å². The quantitative estimate of drug-likeness (QED) is 0.152. The van der Waals surface area contributed by atoms with Gasteiger partial charge in [-0.05, 0) is 106 Å². The van der Waals surface area contributed by atoms with Gasteiger partial charge in [-0.2, -0.15) is 4.99 Å². The summed E-state index contributed by atoms with van der Waals surface area (Å²) in [6, 6.07) is 14.8. The van der Waals surface area contributed by atoms with Gasteiger partial charge in [-0.15, -0.1) is 0 Å². The molecule has 0 aliphatic carbocycles. The number of nitrogens with one attached hydrogen (secondary N) is 1. The third kappa shape index (κ3) is 6.43. The molecule has 3 unspecified atom stereocenters. The molecule has 0 saturated carbocycles. The number of amidine groups is 1. The van der Waals surface area contributed by atoms with E-state index in [9.17, 15) is 4.79 Å². The van der Waals surface area contributed by atoms with Crippen LogP contribution in [-0.4, -0.2) is 91.2 Å². The van der Waals surface area contributed by atoms with Gasteiger partial charge in [-0.3, -0.25) is 9.69 Å². The maximum absolute atomic E-state index is 11.5. The van der Waals surface area contributed by atoms with E-state index in [1.165, 1.54) is 52.9 Å². The molecule has 4 atom stereocenters. The lowest BCUT2D eigenvalue weighted by Crippen LogP contribution is -2.54. The number of esters is 1. The van der Waals surface area contributed by atoms with E-state index in [0.29, 0.717) is 25.3 Å². The maximum Gasteiger partial charge on any atom is 0.302 e. The van der Waals surface area contributed by atoms with Crippen molar-refractivity contribution >= 4 is 28.3 Å². The molecule has 0 aromatic heterocycles. The molecule has 5 heterocycles. The molecule has 7 rings (SSSR count). The van der Waals surface area contributed by atoms with Gasteiger partial charge in [0.2, 0.25) is 5.88 Å². The van der Waals surface area contributed by atoms with Crippen LogP contribution in [-0.2, 0) is 20.7 Å². The zero-order valence-corrected chi connectivity index (χ0v) is 28.9. The smallest absolute Gasteiger partial charge is 0.302 e. The van der Waals surface area contributed by atoms with Crippen LogP contribution in [0.2, 0.25) is 0 Å². The van der Waals surface area contributed by atoms with E-state index in [1.54, 1.807) is 0 Å². The Morgan fingerprint density at radius 1 is 1.06 bits per heavy atom. The lowest BCUT2D eigenvalue weighted by molar-refractivity contribution is -0.142. The number of rotatable bonds is 9. The Hall–Kier alpha value is -3.36. The first-order valence-corrected chi connectivity index (χ1v) is 18.1. The highest BCUT2D eigenvalue weighted by Gasteiger charge is 2.50. The minimum atomic E-state index is -0.198. The second kappa shape index (κ2) is 13.6. The lowest BCUT2D eigenvalue weighted by atomic mass is 9.95. The fourth-order valence-corrected chi connectivity index (χ4v) is 9.18. The summed E-state index contributed by atoms with van der Waals surface area (Å²) >= 11 is 0. The molecule has 2 aromatic carbocycles. The summed E-state index contributed by atoms with van der Waals surface area (Å²) in [5.74, 6) is 1.64. The van der Waals surface area contributed by atoms with Gasteiger partial charge in [-0.25, -0.2) is 0 Å². The molecule has 2 bridgehead atoms. The number of carbonyl (C=O) groups excluding carboxylic acids is 1. The molecule has 5 aliphatic heterocycles. The van der Waals surface area contributed by atoms with Crippen LogP contribution >= 0.6 is 0 Å². The van der Waals surface area contributed by atoms with Gasteiger partial charge < -0.3 is 24.6 Å². The summed E-state index contributed by atoms with van der Waals surface area (Å²) < 4.78 is 12.1. The first-order valence-electron chi connectivity index (χ1n) is 18.1. The molecule has 8 nitrogen and oxygen atoms in total. The monoisotopic (exact) mass is 639 g/mol. The molecule has 1 N–H and O–H groups in total. The number of nitrogens with zero attached hydrogens (tertiary/aromatic N) is 4. The summed E-state index contributed by atoms with van der Waals surface area (Å²) in [5, 5.41) is 6.54. The number of piperazine rings is 1. The molecule has 4 saturated heterocycles. The highest BCUT2D eigenvalue weighted by molar-refractivity contribution is 6.01. The largest absolute Gasteiger partial charge is 0.476 e. The van der Waals surface area contributed by atoms with Crippen LogP contribution in [0.15, 0.2) is 64.5 Å². The second-order valence-corrected chi connectivity index (χ2v) is 14.5. The van der Waals surface area contributed by atoms with Crippen LogP contribution in [0.25, 0.3) is 10.8 Å². The topological polar surface area (TPSA) is 69.6 Å². The second-order valence-electron chi connectivity index (χ2n) is 14.5. The summed E-state index contributed by atoms with van der Waals surface area (Å²) in [5.41, 5.74) is 5.54. The number of ether oxygens (including phenoxy) is 2. The average molecular weight is 640 g/mol. The molecule has 4 fully saturated rings. The van der Waals surface area contributed by atoms with Gasteiger partial charge >= 0.3 is 5.97 Å². The van der Waals surface area contributed by atoms with Crippen molar-refractivity contribution in [3.63, 3.8) is 0 Å². The fourth-order valence-electron chi connectivity index (χ4n) is 9.18. The highest BCUT2D eigenvalue weighted by atomic mass is 16.5. The number of carbonyl (C=O) groups is 1. The third-order valence-electron chi connectivity index (χ3n) is 11.5. The van der Waals surface area contributed by atoms with Crippen LogP contribution < -0.4 is 10.2 Å². The molecule has 252 valence electrons. The number of benzene rings is 2. The standard InChI is InChI=1S/C39H53N5O3/c1-5-29-10-7-11-30-12-8-13-35(37(29)30)42-21-17-34(27(3)22-42)38(43-23-31-14-15-32(24-43)40-31)41-36(6-2)47-26-39-18-9-20-44(39)33(16-19-39)25-46-28(4)45/h6-8,10-13,31-33,40H,5,9,14-26H2,1-4H3/b36-6-,41-38+/t31?,32?,33-,39?/m1/s1. The van der Waals surface area contributed by atoms with Crippen molar-refractivity contribution in [3.8, 4) is 0 Å². The van der Waals surface area contributed by atoms with Crippen molar-refractivity contribution in [2.24, 2.45) is 4.99 Å². The fraction of sp³-hybridized carbons (Fsp3) is 0.590. The molecule has 8 heteroatoms. The molecule has 5 aliphatic rings. The van der Waals surface area contributed by atoms with Gasteiger partial charge in [0.05, 0.1) is 5.54 Å². The Balaban J connectivity index is 1.15. The minimum Gasteiger partial charge on any atom is -0.476 e. The first kappa shape index (κ1) is 32.2. The Morgan fingerprint density at radius 2 is 1.85 bits per heavy atom. The van der Waals surface area contributed by atoms with Crippen molar-refractivity contribution in [2.75, 3.05) is 50.8 Å². The Labute approximate surface area is 280 Å². The Bertz CT molecular complexity index is 1560. The van der Waals surface area contributed by atoms with E-state index in [2.05, 4.69) is 77.2 Å². The Morgan fingerprint density at radius 3 is 2.57 bits per heavy atom. The van der Waals surface area contributed by atoms with Crippen LogP contribution in [0.1, 0.15) is 78.2 Å². The van der Waals surface area contributed by atoms with Crippen LogP contribution in [0, 0.1) is 0 Å². The maximum atomic E-state index is 11.5. The summed E-state index contributed by atoms with van der Waals surface area (Å²) in [4.78, 5) is 24.6. The van der Waals surface area contributed by atoms with E-state index in [-0.39, 0.29) is 17.6 Å². The molecule has 0 spiro atoms. The number of hydrogen-bond donors (Lipinski definition) is 1. The zero-order chi connectivity index (χ0) is 32.5. The number of allylic oxidation sites excluding steroid dienone is 1. The van der Waals surface area contributed by atoms with E-state index in [1.807, 2.05) is 6.08 Å². The van der Waals surface area contributed by atoms with Gasteiger partial charge in [0.15, 0.2) is 0 Å². The minimum absolute atomic E-state index is 0.000758. The third-order valence-corrected chi connectivity index (χ3v) is 11.5. The van der Waals surface area contributed by atoms with E-state index in [0.717, 1.165) is 83.0 Å². The predicted octanol–water partition coefficient (Wildman–Crippen LogP) is 6.20. The van der Waals surface area contributed by atoms with Crippen molar-refractivity contribution in [1.29, 1.82) is 0 Å². The van der Waals surface area contributed by atoms with Gasteiger partial charge in [0.25, 0.3) is 0 Å². The van der Waals surface area contributed by atoms with Gasteiger partial charge in [-0.1, -0.05) is 37.3 Å². The van der Waals surface area contributed by atoms with Crippen molar-refractivity contribution in [3.05, 3.63) is 65.1 Å². The van der Waals surface area contributed by atoms with Crippen molar-refractivity contribution < 1.29 is 14.3 Å².